The van der Waals surface area contributed by atoms with Gasteiger partial charge < -0.3 is 5.73 Å². The summed E-state index contributed by atoms with van der Waals surface area (Å²) in [7, 11) is 2.24. The molecule has 0 spiro atoms. The molecule has 1 saturated carbocycles. The molecule has 0 heterocycles. The van der Waals surface area contributed by atoms with E-state index in [1.807, 2.05) is 0 Å². The minimum absolute atomic E-state index is 0.277. The zero-order valence-corrected chi connectivity index (χ0v) is 10.9. The van der Waals surface area contributed by atoms with E-state index < -0.39 is 0 Å². The van der Waals surface area contributed by atoms with Crippen molar-refractivity contribution in [3.05, 3.63) is 0 Å². The largest absolute Gasteiger partial charge is 0.327 e. The summed E-state index contributed by atoms with van der Waals surface area (Å²) in [4.78, 5) is 2.50. The van der Waals surface area contributed by atoms with Gasteiger partial charge in [-0.1, -0.05) is 13.3 Å². The summed E-state index contributed by atoms with van der Waals surface area (Å²) in [5.74, 6) is 0.986. The molecular formula is C13H28N2. The van der Waals surface area contributed by atoms with E-state index in [9.17, 15) is 0 Å². The van der Waals surface area contributed by atoms with E-state index >= 15 is 0 Å². The highest BCUT2D eigenvalue weighted by Gasteiger charge is 2.26. The van der Waals surface area contributed by atoms with Crippen LogP contribution < -0.4 is 5.73 Å². The summed E-state index contributed by atoms with van der Waals surface area (Å²) in [6.07, 6.45) is 6.92. The number of likely N-dealkylation sites (N-methyl/N-ethyl adjacent to an activating group) is 1. The quantitative estimate of drug-likeness (QED) is 0.776. The van der Waals surface area contributed by atoms with Crippen molar-refractivity contribution >= 4 is 0 Å². The molecular weight excluding hydrogens is 184 g/mol. The van der Waals surface area contributed by atoms with Gasteiger partial charge in [0.1, 0.15) is 0 Å². The molecule has 0 amide bonds. The first-order valence-corrected chi connectivity index (χ1v) is 6.53. The molecule has 15 heavy (non-hydrogen) atoms. The number of nitrogens with zero attached hydrogens (tertiary/aromatic N) is 1. The molecule has 90 valence electrons. The SMILES string of the molecule is CCC1CCC(N(C)C(C)C(C)N)CC1. The molecule has 2 nitrogen and oxygen atoms in total. The fraction of sp³-hybridized carbons (Fsp3) is 1.00. The van der Waals surface area contributed by atoms with E-state index in [1.165, 1.54) is 32.1 Å². The van der Waals surface area contributed by atoms with Crippen LogP contribution in [-0.4, -0.2) is 30.1 Å². The maximum Gasteiger partial charge on any atom is 0.0216 e. The normalized spacial score (nSPS) is 31.6. The highest BCUT2D eigenvalue weighted by molar-refractivity contribution is 4.83. The molecule has 0 bridgehead atoms. The van der Waals surface area contributed by atoms with Crippen molar-refractivity contribution in [2.75, 3.05) is 7.05 Å². The zero-order chi connectivity index (χ0) is 11.4. The molecule has 2 heteroatoms. The average molecular weight is 212 g/mol. The lowest BCUT2D eigenvalue weighted by Crippen LogP contribution is -2.48. The Hall–Kier alpha value is -0.0800. The molecule has 0 aliphatic heterocycles. The van der Waals surface area contributed by atoms with Crippen LogP contribution >= 0.6 is 0 Å². The molecule has 1 rings (SSSR count). The predicted octanol–water partition coefficient (Wildman–Crippen LogP) is 2.62. The average Bonchev–Trinajstić information content (AvgIpc) is 2.27. The minimum Gasteiger partial charge on any atom is -0.327 e. The van der Waals surface area contributed by atoms with Gasteiger partial charge >= 0.3 is 0 Å². The first kappa shape index (κ1) is 13.0. The highest BCUT2D eigenvalue weighted by atomic mass is 15.2. The summed E-state index contributed by atoms with van der Waals surface area (Å²) < 4.78 is 0. The summed E-state index contributed by atoms with van der Waals surface area (Å²) in [5, 5.41) is 0. The van der Waals surface area contributed by atoms with Crippen molar-refractivity contribution in [2.45, 2.75) is 71.0 Å². The van der Waals surface area contributed by atoms with E-state index in [-0.39, 0.29) is 6.04 Å². The molecule has 0 aromatic rings. The standard InChI is InChI=1S/C13H28N2/c1-5-12-6-8-13(9-7-12)15(4)11(3)10(2)14/h10-13H,5-9,14H2,1-4H3. The second kappa shape index (κ2) is 5.86. The van der Waals surface area contributed by atoms with Crippen molar-refractivity contribution in [3.8, 4) is 0 Å². The third-order valence-corrected chi connectivity index (χ3v) is 4.37. The molecule has 2 atom stereocenters. The second-order valence-corrected chi connectivity index (χ2v) is 5.35. The molecule has 1 aliphatic carbocycles. The maximum absolute atomic E-state index is 5.96. The lowest BCUT2D eigenvalue weighted by molar-refractivity contribution is 0.116. The fourth-order valence-corrected chi connectivity index (χ4v) is 2.66. The third-order valence-electron chi connectivity index (χ3n) is 4.37. The topological polar surface area (TPSA) is 29.3 Å². The van der Waals surface area contributed by atoms with Crippen LogP contribution in [0.25, 0.3) is 0 Å². The Morgan fingerprint density at radius 3 is 2.13 bits per heavy atom. The van der Waals surface area contributed by atoms with Crippen LogP contribution in [-0.2, 0) is 0 Å². The van der Waals surface area contributed by atoms with Crippen LogP contribution in [0.4, 0.5) is 0 Å². The van der Waals surface area contributed by atoms with Gasteiger partial charge in [0, 0.05) is 18.1 Å². The molecule has 0 saturated heterocycles. The summed E-state index contributed by atoms with van der Waals surface area (Å²) >= 11 is 0. The van der Waals surface area contributed by atoms with Gasteiger partial charge in [0.25, 0.3) is 0 Å². The molecule has 2 unspecified atom stereocenters. The Kier molecular flexibility index (Phi) is 5.07. The number of rotatable bonds is 4. The summed E-state index contributed by atoms with van der Waals surface area (Å²) in [6.45, 7) is 6.68. The Bertz CT molecular complexity index is 171. The van der Waals surface area contributed by atoms with Gasteiger partial charge in [0.2, 0.25) is 0 Å². The zero-order valence-electron chi connectivity index (χ0n) is 10.9. The van der Waals surface area contributed by atoms with Crippen LogP contribution in [0.2, 0.25) is 0 Å². The predicted molar refractivity (Wildman–Crippen MR) is 66.9 cm³/mol. The first-order valence-electron chi connectivity index (χ1n) is 6.53. The molecule has 1 aliphatic rings. The third kappa shape index (κ3) is 3.46. The van der Waals surface area contributed by atoms with E-state index in [0.717, 1.165) is 12.0 Å². The van der Waals surface area contributed by atoms with Crippen molar-refractivity contribution < 1.29 is 0 Å². The van der Waals surface area contributed by atoms with Crippen LogP contribution in [0.3, 0.4) is 0 Å². The second-order valence-electron chi connectivity index (χ2n) is 5.35. The van der Waals surface area contributed by atoms with Gasteiger partial charge in [-0.2, -0.15) is 0 Å². The van der Waals surface area contributed by atoms with E-state index in [1.54, 1.807) is 0 Å². The number of hydrogen-bond acceptors (Lipinski definition) is 2. The lowest BCUT2D eigenvalue weighted by Gasteiger charge is -2.39. The van der Waals surface area contributed by atoms with Crippen molar-refractivity contribution in [3.63, 3.8) is 0 Å². The van der Waals surface area contributed by atoms with Gasteiger partial charge in [0.05, 0.1) is 0 Å². The Morgan fingerprint density at radius 1 is 1.20 bits per heavy atom. The van der Waals surface area contributed by atoms with Gasteiger partial charge in [-0.15, -0.1) is 0 Å². The van der Waals surface area contributed by atoms with Gasteiger partial charge in [-0.05, 0) is 52.5 Å². The summed E-state index contributed by atoms with van der Waals surface area (Å²) in [6, 6.07) is 1.56. The van der Waals surface area contributed by atoms with Crippen LogP contribution in [0.15, 0.2) is 0 Å². The maximum atomic E-state index is 5.96. The lowest BCUT2D eigenvalue weighted by atomic mass is 9.83. The molecule has 2 N–H and O–H groups in total. The molecule has 0 aromatic carbocycles. The number of nitrogens with two attached hydrogens (primary N) is 1. The van der Waals surface area contributed by atoms with Crippen molar-refractivity contribution in [1.82, 2.24) is 4.90 Å². The Labute approximate surface area is 95.2 Å². The van der Waals surface area contributed by atoms with E-state index in [0.29, 0.717) is 6.04 Å². The fourth-order valence-electron chi connectivity index (χ4n) is 2.66. The monoisotopic (exact) mass is 212 g/mol. The highest BCUT2D eigenvalue weighted by Crippen LogP contribution is 2.29. The van der Waals surface area contributed by atoms with E-state index in [2.05, 4.69) is 32.7 Å². The Morgan fingerprint density at radius 2 is 1.73 bits per heavy atom. The van der Waals surface area contributed by atoms with E-state index in [4.69, 9.17) is 5.73 Å². The van der Waals surface area contributed by atoms with Crippen molar-refractivity contribution in [1.29, 1.82) is 0 Å². The first-order chi connectivity index (χ1) is 7.06. The molecule has 0 radical (unpaired) electrons. The van der Waals surface area contributed by atoms with Crippen molar-refractivity contribution in [2.24, 2.45) is 11.7 Å². The van der Waals surface area contributed by atoms with Crippen LogP contribution in [0.1, 0.15) is 52.9 Å². The summed E-state index contributed by atoms with van der Waals surface area (Å²) in [5.41, 5.74) is 5.96. The van der Waals surface area contributed by atoms with Gasteiger partial charge in [-0.3, -0.25) is 4.90 Å². The Balaban J connectivity index is 2.39. The molecule has 0 aromatic heterocycles. The minimum atomic E-state index is 0.277. The molecule has 1 fully saturated rings. The van der Waals surface area contributed by atoms with Crippen LogP contribution in [0.5, 0.6) is 0 Å². The van der Waals surface area contributed by atoms with Gasteiger partial charge in [-0.25, -0.2) is 0 Å². The van der Waals surface area contributed by atoms with Gasteiger partial charge in [0.15, 0.2) is 0 Å². The smallest absolute Gasteiger partial charge is 0.0216 e. The van der Waals surface area contributed by atoms with Crippen LogP contribution in [0, 0.1) is 5.92 Å². The number of hydrogen-bond donors (Lipinski definition) is 1.